The first-order valence-corrected chi connectivity index (χ1v) is 11.2. The molecule has 6 heteroatoms. The van der Waals surface area contributed by atoms with E-state index in [9.17, 15) is 24.9 Å². The van der Waals surface area contributed by atoms with E-state index in [1.165, 1.54) is 0 Å². The smallest absolute Gasteiger partial charge is 0.331 e. The summed E-state index contributed by atoms with van der Waals surface area (Å²) in [6.45, 7) is 2.46. The number of carbonyl (C=O) groups excluding carboxylic acids is 2. The van der Waals surface area contributed by atoms with Crippen molar-refractivity contribution in [3.8, 4) is 0 Å². The van der Waals surface area contributed by atoms with E-state index in [1.807, 2.05) is 0 Å². The fraction of sp³-hybridized carbons (Fsp3) is 0.826. The molecule has 29 heavy (non-hydrogen) atoms. The lowest BCUT2D eigenvalue weighted by atomic mass is 9.41. The summed E-state index contributed by atoms with van der Waals surface area (Å²) in [4.78, 5) is 24.1. The molecule has 3 N–H and O–H groups in total. The Balaban J connectivity index is 1.52. The largest absolute Gasteiger partial charge is 0.458 e. The van der Waals surface area contributed by atoms with E-state index in [4.69, 9.17) is 4.74 Å². The van der Waals surface area contributed by atoms with Gasteiger partial charge in [0.25, 0.3) is 0 Å². The normalized spacial score (nSPS) is 54.1. The number of aldehydes is 1. The van der Waals surface area contributed by atoms with Gasteiger partial charge in [-0.05, 0) is 74.7 Å². The number of cyclic esters (lactones) is 1. The summed E-state index contributed by atoms with van der Waals surface area (Å²) in [6.07, 6.45) is 7.36. The van der Waals surface area contributed by atoms with Crippen LogP contribution in [-0.4, -0.2) is 51.5 Å². The van der Waals surface area contributed by atoms with Crippen LogP contribution in [0.2, 0.25) is 0 Å². The molecule has 0 aromatic rings. The van der Waals surface area contributed by atoms with Crippen molar-refractivity contribution in [3.63, 3.8) is 0 Å². The summed E-state index contributed by atoms with van der Waals surface area (Å²) >= 11 is 0. The van der Waals surface area contributed by atoms with Crippen LogP contribution in [0.3, 0.4) is 0 Å². The standard InChI is InChI=1S/C23H32O6/c1-20-6-3-17-18(4-8-22(27)11-15(25)2-7-21(17,22)13-24)23(20,28)9-5-16(20)14-10-19(26)29-12-14/h10,13,15-18,25,27-28H,2-9,11-12H2,1H3/t15-,16+,17?,18?,20+,21-,22-,23-/m1/s1. The molecule has 2 unspecified atom stereocenters. The molecule has 0 radical (unpaired) electrons. The van der Waals surface area contributed by atoms with Crippen molar-refractivity contribution in [1.29, 1.82) is 0 Å². The van der Waals surface area contributed by atoms with Crippen LogP contribution in [0.25, 0.3) is 0 Å². The third-order valence-electron chi connectivity index (χ3n) is 9.85. The second kappa shape index (κ2) is 6.14. The first-order valence-electron chi connectivity index (χ1n) is 11.2. The van der Waals surface area contributed by atoms with E-state index in [0.717, 1.165) is 31.1 Å². The molecule has 6 nitrogen and oxygen atoms in total. The molecule has 4 saturated carbocycles. The van der Waals surface area contributed by atoms with Crippen LogP contribution < -0.4 is 0 Å². The molecule has 0 aromatic carbocycles. The molecule has 4 fully saturated rings. The summed E-state index contributed by atoms with van der Waals surface area (Å²) in [5, 5.41) is 33.7. The minimum atomic E-state index is -1.18. The Kier molecular flexibility index (Phi) is 4.18. The highest BCUT2D eigenvalue weighted by Crippen LogP contribution is 2.70. The molecule has 1 aliphatic heterocycles. The first kappa shape index (κ1) is 19.7. The fourth-order valence-electron chi connectivity index (χ4n) is 8.34. The summed E-state index contributed by atoms with van der Waals surface area (Å²) in [7, 11) is 0. The lowest BCUT2D eigenvalue weighted by molar-refractivity contribution is -0.248. The van der Waals surface area contributed by atoms with Crippen molar-refractivity contribution in [1.82, 2.24) is 0 Å². The van der Waals surface area contributed by atoms with Gasteiger partial charge in [0, 0.05) is 17.9 Å². The van der Waals surface area contributed by atoms with E-state index in [1.54, 1.807) is 6.08 Å². The van der Waals surface area contributed by atoms with Crippen molar-refractivity contribution < 1.29 is 29.6 Å². The van der Waals surface area contributed by atoms with Gasteiger partial charge in [-0.1, -0.05) is 6.92 Å². The molecule has 0 spiro atoms. The maximum Gasteiger partial charge on any atom is 0.331 e. The number of hydrogen-bond acceptors (Lipinski definition) is 6. The summed E-state index contributed by atoms with van der Waals surface area (Å²) in [5.41, 5.74) is -2.34. The molecule has 0 bridgehead atoms. The highest BCUT2D eigenvalue weighted by Gasteiger charge is 2.71. The Hall–Kier alpha value is -1.24. The van der Waals surface area contributed by atoms with Crippen LogP contribution in [0.1, 0.15) is 64.7 Å². The van der Waals surface area contributed by atoms with E-state index < -0.39 is 22.7 Å². The van der Waals surface area contributed by atoms with Crippen molar-refractivity contribution in [2.75, 3.05) is 6.61 Å². The molecule has 5 aliphatic rings. The summed E-state index contributed by atoms with van der Waals surface area (Å²) in [5.74, 6) is -0.304. The first-order chi connectivity index (χ1) is 13.7. The van der Waals surface area contributed by atoms with E-state index >= 15 is 0 Å². The summed E-state index contributed by atoms with van der Waals surface area (Å²) < 4.78 is 5.15. The van der Waals surface area contributed by atoms with Gasteiger partial charge in [0.05, 0.1) is 22.7 Å². The van der Waals surface area contributed by atoms with Gasteiger partial charge in [0.2, 0.25) is 0 Å². The van der Waals surface area contributed by atoms with Gasteiger partial charge in [-0.15, -0.1) is 0 Å². The average molecular weight is 405 g/mol. The second-order valence-corrected chi connectivity index (χ2v) is 10.6. The number of esters is 1. The monoisotopic (exact) mass is 404 g/mol. The van der Waals surface area contributed by atoms with Crippen LogP contribution in [0.5, 0.6) is 0 Å². The van der Waals surface area contributed by atoms with Gasteiger partial charge in [-0.25, -0.2) is 4.79 Å². The van der Waals surface area contributed by atoms with Crippen molar-refractivity contribution in [3.05, 3.63) is 11.6 Å². The lowest BCUT2D eigenvalue weighted by Crippen LogP contribution is -2.68. The van der Waals surface area contributed by atoms with Gasteiger partial charge in [-0.3, -0.25) is 0 Å². The number of rotatable bonds is 2. The molecule has 8 atom stereocenters. The molecule has 5 rings (SSSR count). The van der Waals surface area contributed by atoms with Gasteiger partial charge in [0.1, 0.15) is 12.9 Å². The number of carbonyl (C=O) groups is 2. The van der Waals surface area contributed by atoms with Crippen LogP contribution >= 0.6 is 0 Å². The molecule has 1 heterocycles. The van der Waals surface area contributed by atoms with Gasteiger partial charge in [-0.2, -0.15) is 0 Å². The highest BCUT2D eigenvalue weighted by atomic mass is 16.5. The van der Waals surface area contributed by atoms with E-state index in [-0.39, 0.29) is 35.6 Å². The van der Waals surface area contributed by atoms with Gasteiger partial charge in [0.15, 0.2) is 0 Å². The lowest BCUT2D eigenvalue weighted by Gasteiger charge is -2.65. The third-order valence-corrected chi connectivity index (χ3v) is 9.85. The Morgan fingerprint density at radius 1 is 1.07 bits per heavy atom. The van der Waals surface area contributed by atoms with Crippen molar-refractivity contribution >= 4 is 12.3 Å². The third kappa shape index (κ3) is 2.34. The predicted molar refractivity (Wildman–Crippen MR) is 104 cm³/mol. The number of fused-ring (bicyclic) bond motifs is 5. The molecule has 0 aromatic heterocycles. The molecule has 0 amide bonds. The average Bonchev–Trinajstić information content (AvgIpc) is 3.21. The quantitative estimate of drug-likeness (QED) is 0.480. The van der Waals surface area contributed by atoms with E-state index in [0.29, 0.717) is 38.7 Å². The topological polar surface area (TPSA) is 104 Å². The fourth-order valence-corrected chi connectivity index (χ4v) is 8.34. The van der Waals surface area contributed by atoms with Crippen molar-refractivity contribution in [2.24, 2.45) is 28.6 Å². The van der Waals surface area contributed by atoms with Crippen molar-refractivity contribution in [2.45, 2.75) is 82.0 Å². The minimum Gasteiger partial charge on any atom is -0.458 e. The van der Waals surface area contributed by atoms with Crippen LogP contribution in [0.15, 0.2) is 11.6 Å². The summed E-state index contributed by atoms with van der Waals surface area (Å²) in [6, 6.07) is 0. The molecular formula is C23H32O6. The second-order valence-electron chi connectivity index (χ2n) is 10.6. The molecule has 4 aliphatic carbocycles. The Bertz CT molecular complexity index is 777. The Morgan fingerprint density at radius 2 is 1.83 bits per heavy atom. The number of ether oxygens (including phenoxy) is 1. The van der Waals surface area contributed by atoms with E-state index in [2.05, 4.69) is 6.92 Å². The maximum absolute atomic E-state index is 12.5. The Morgan fingerprint density at radius 3 is 2.52 bits per heavy atom. The number of aliphatic hydroxyl groups excluding tert-OH is 1. The SMILES string of the molecule is C[C@@]12CCC3C(CC[C@@]4(O)C[C@H](O)CC[C@@]34C=O)[C@]1(O)CC[C@H]2C1=CC(=O)OC1. The van der Waals surface area contributed by atoms with Crippen LogP contribution in [-0.2, 0) is 14.3 Å². The molecule has 0 saturated heterocycles. The zero-order valence-electron chi connectivity index (χ0n) is 17.1. The molecular weight excluding hydrogens is 372 g/mol. The van der Waals surface area contributed by atoms with Gasteiger partial charge >= 0.3 is 5.97 Å². The van der Waals surface area contributed by atoms with Gasteiger partial charge < -0.3 is 24.9 Å². The highest BCUT2D eigenvalue weighted by molar-refractivity contribution is 5.85. The minimum absolute atomic E-state index is 0.0504. The Labute approximate surface area is 171 Å². The number of aliphatic hydroxyl groups is 3. The predicted octanol–water partition coefficient (Wildman–Crippen LogP) is 1.90. The number of hydrogen-bond donors (Lipinski definition) is 3. The maximum atomic E-state index is 12.5. The zero-order valence-corrected chi connectivity index (χ0v) is 17.1. The zero-order chi connectivity index (χ0) is 20.7. The molecule has 160 valence electrons. The van der Waals surface area contributed by atoms with Crippen LogP contribution in [0, 0.1) is 28.6 Å². The van der Waals surface area contributed by atoms with Crippen LogP contribution in [0.4, 0.5) is 0 Å².